The number of hydrogen-bond donors (Lipinski definition) is 2. The second kappa shape index (κ2) is 7.22. The molecule has 0 aliphatic carbocycles. The lowest BCUT2D eigenvalue weighted by Gasteiger charge is -2.19. The maximum atomic E-state index is 12.7. The Balaban J connectivity index is 1.50. The second-order valence-corrected chi connectivity index (χ2v) is 8.65. The molecule has 2 aliphatic heterocycles. The zero-order chi connectivity index (χ0) is 20.8. The van der Waals surface area contributed by atoms with Crippen LogP contribution in [0.25, 0.3) is 5.69 Å². The fourth-order valence-corrected chi connectivity index (χ4v) is 5.06. The number of anilines is 1. The first-order valence-electron chi connectivity index (χ1n) is 9.46. The van der Waals surface area contributed by atoms with Crippen molar-refractivity contribution in [1.82, 2.24) is 20.0 Å². The normalized spacial score (nSPS) is 21.1. The van der Waals surface area contributed by atoms with Crippen molar-refractivity contribution in [2.24, 2.45) is 0 Å². The lowest BCUT2D eigenvalue weighted by Crippen LogP contribution is -2.47. The number of rotatable bonds is 4. The Hall–Kier alpha value is -2.81. The minimum absolute atomic E-state index is 0.313. The van der Waals surface area contributed by atoms with E-state index in [9.17, 15) is 14.4 Å². The molecule has 2 aliphatic rings. The van der Waals surface area contributed by atoms with E-state index in [0.717, 1.165) is 27.6 Å². The Kier molecular flexibility index (Phi) is 4.85. The van der Waals surface area contributed by atoms with Gasteiger partial charge in [-0.15, -0.1) is 0 Å². The van der Waals surface area contributed by atoms with Gasteiger partial charge in [0.25, 0.3) is 5.91 Å². The van der Waals surface area contributed by atoms with Crippen LogP contribution in [0.1, 0.15) is 23.4 Å². The van der Waals surface area contributed by atoms with Gasteiger partial charge in [0.1, 0.15) is 12.1 Å². The van der Waals surface area contributed by atoms with Gasteiger partial charge in [-0.05, 0) is 45.1 Å². The third-order valence-corrected chi connectivity index (χ3v) is 6.59. The third kappa shape index (κ3) is 3.39. The van der Waals surface area contributed by atoms with Crippen LogP contribution in [-0.4, -0.2) is 56.1 Å². The van der Waals surface area contributed by atoms with E-state index in [1.165, 1.54) is 0 Å². The van der Waals surface area contributed by atoms with Crippen LogP contribution in [0.2, 0.25) is 0 Å². The maximum absolute atomic E-state index is 12.7. The van der Waals surface area contributed by atoms with E-state index >= 15 is 0 Å². The number of thioether (sulfide) groups is 1. The topological polar surface area (TPSA) is 96.3 Å². The number of nitrogens with zero attached hydrogens (tertiary/aromatic N) is 3. The lowest BCUT2D eigenvalue weighted by atomic mass is 9.99. The summed E-state index contributed by atoms with van der Waals surface area (Å²) in [6.45, 7) is 5.38. The molecular formula is C20H23N5O3S. The van der Waals surface area contributed by atoms with Crippen LogP contribution in [0.15, 0.2) is 24.3 Å². The summed E-state index contributed by atoms with van der Waals surface area (Å²) < 4.78 is 1.77. The number of hydrogen-bond acceptors (Lipinski definition) is 5. The summed E-state index contributed by atoms with van der Waals surface area (Å²) in [5.74, 6) is 0.636. The summed E-state index contributed by atoms with van der Waals surface area (Å²) >= 11 is 1.63. The molecule has 3 heterocycles. The average molecular weight is 414 g/mol. The zero-order valence-corrected chi connectivity index (χ0v) is 17.4. The number of carbonyl (C=O) groups is 3. The van der Waals surface area contributed by atoms with Gasteiger partial charge in [-0.3, -0.25) is 14.5 Å². The first-order chi connectivity index (χ1) is 13.8. The van der Waals surface area contributed by atoms with E-state index in [2.05, 4.69) is 15.7 Å². The number of benzene rings is 1. The van der Waals surface area contributed by atoms with Crippen LogP contribution < -0.4 is 10.6 Å². The molecule has 2 saturated heterocycles. The summed E-state index contributed by atoms with van der Waals surface area (Å²) in [6, 6.07) is 7.42. The quantitative estimate of drug-likeness (QED) is 0.749. The summed E-state index contributed by atoms with van der Waals surface area (Å²) in [7, 11) is 0. The van der Waals surface area contributed by atoms with E-state index in [1.54, 1.807) is 16.4 Å². The minimum Gasteiger partial charge on any atom is -0.322 e. The lowest BCUT2D eigenvalue weighted by molar-refractivity contribution is -0.133. The standard InChI is InChI=1S/C20H23N5O3S/c1-12-4-6-15(7-5-12)25-14(3)17(13(2)23-25)21-16(26)10-24-18(27)20(22-19(24)28)8-9-29-11-20/h4-7H,8-11H2,1-3H3,(H,21,26)(H,22,28). The summed E-state index contributed by atoms with van der Waals surface area (Å²) in [5, 5.41) is 10.1. The molecule has 1 spiro atoms. The number of nitrogens with one attached hydrogen (secondary N) is 2. The van der Waals surface area contributed by atoms with E-state index in [0.29, 0.717) is 23.6 Å². The molecule has 4 rings (SSSR count). The third-order valence-electron chi connectivity index (χ3n) is 5.40. The first-order valence-corrected chi connectivity index (χ1v) is 10.6. The van der Waals surface area contributed by atoms with Crippen LogP contribution in [0, 0.1) is 20.8 Å². The van der Waals surface area contributed by atoms with Gasteiger partial charge < -0.3 is 10.6 Å². The summed E-state index contributed by atoms with van der Waals surface area (Å²) in [6.07, 6.45) is 0.599. The highest BCUT2D eigenvalue weighted by molar-refractivity contribution is 7.99. The van der Waals surface area contributed by atoms with Gasteiger partial charge in [0.2, 0.25) is 5.91 Å². The van der Waals surface area contributed by atoms with Gasteiger partial charge in [0, 0.05) is 5.75 Å². The fraction of sp³-hybridized carbons (Fsp3) is 0.400. The molecule has 1 aromatic carbocycles. The smallest absolute Gasteiger partial charge is 0.322 e. The Morgan fingerprint density at radius 2 is 1.97 bits per heavy atom. The summed E-state index contributed by atoms with van der Waals surface area (Å²) in [5.41, 5.74) is 3.23. The second-order valence-electron chi connectivity index (χ2n) is 7.55. The van der Waals surface area contributed by atoms with Gasteiger partial charge >= 0.3 is 6.03 Å². The van der Waals surface area contributed by atoms with Gasteiger partial charge in [0.15, 0.2) is 0 Å². The monoisotopic (exact) mass is 413 g/mol. The van der Waals surface area contributed by atoms with Gasteiger partial charge in [-0.25, -0.2) is 9.48 Å². The molecule has 152 valence electrons. The first kappa shape index (κ1) is 19.5. The molecular weight excluding hydrogens is 390 g/mol. The molecule has 4 amide bonds. The van der Waals surface area contributed by atoms with Crippen LogP contribution in [0.5, 0.6) is 0 Å². The highest BCUT2D eigenvalue weighted by Crippen LogP contribution is 2.33. The highest BCUT2D eigenvalue weighted by atomic mass is 32.2. The molecule has 0 saturated carbocycles. The van der Waals surface area contributed by atoms with Crippen molar-refractivity contribution in [3.05, 3.63) is 41.2 Å². The predicted molar refractivity (Wildman–Crippen MR) is 111 cm³/mol. The Morgan fingerprint density at radius 1 is 1.24 bits per heavy atom. The van der Waals surface area contributed by atoms with Crippen molar-refractivity contribution in [3.8, 4) is 5.69 Å². The van der Waals surface area contributed by atoms with Crippen LogP contribution in [0.3, 0.4) is 0 Å². The largest absolute Gasteiger partial charge is 0.325 e. The molecule has 0 radical (unpaired) electrons. The van der Waals surface area contributed by atoms with Gasteiger partial charge in [-0.2, -0.15) is 16.9 Å². The predicted octanol–water partition coefficient (Wildman–Crippen LogP) is 2.16. The Morgan fingerprint density at radius 3 is 2.62 bits per heavy atom. The van der Waals surface area contributed by atoms with Crippen molar-refractivity contribution in [2.75, 3.05) is 23.4 Å². The number of imide groups is 1. The van der Waals surface area contributed by atoms with Crippen molar-refractivity contribution in [1.29, 1.82) is 0 Å². The van der Waals surface area contributed by atoms with Gasteiger partial charge in [0.05, 0.1) is 22.8 Å². The van der Waals surface area contributed by atoms with Crippen molar-refractivity contribution < 1.29 is 14.4 Å². The molecule has 8 nitrogen and oxygen atoms in total. The maximum Gasteiger partial charge on any atom is 0.325 e. The van der Waals surface area contributed by atoms with E-state index in [4.69, 9.17) is 0 Å². The number of carbonyl (C=O) groups excluding carboxylic acids is 3. The van der Waals surface area contributed by atoms with Crippen molar-refractivity contribution in [2.45, 2.75) is 32.7 Å². The van der Waals surface area contributed by atoms with Crippen molar-refractivity contribution >= 4 is 35.3 Å². The van der Waals surface area contributed by atoms with Crippen LogP contribution in [-0.2, 0) is 9.59 Å². The molecule has 0 bridgehead atoms. The van der Waals surface area contributed by atoms with E-state index in [-0.39, 0.29) is 12.5 Å². The van der Waals surface area contributed by atoms with E-state index in [1.807, 2.05) is 45.0 Å². The van der Waals surface area contributed by atoms with Crippen LogP contribution in [0.4, 0.5) is 10.5 Å². The Bertz CT molecular complexity index is 992. The summed E-state index contributed by atoms with van der Waals surface area (Å²) in [4.78, 5) is 38.6. The number of amides is 4. The van der Waals surface area contributed by atoms with E-state index < -0.39 is 17.5 Å². The molecule has 9 heteroatoms. The molecule has 1 aromatic heterocycles. The molecule has 2 N–H and O–H groups in total. The average Bonchev–Trinajstić information content (AvgIpc) is 3.33. The fourth-order valence-electron chi connectivity index (χ4n) is 3.74. The van der Waals surface area contributed by atoms with Crippen molar-refractivity contribution in [3.63, 3.8) is 0 Å². The zero-order valence-electron chi connectivity index (χ0n) is 16.6. The number of aromatic nitrogens is 2. The highest BCUT2D eigenvalue weighted by Gasteiger charge is 2.53. The minimum atomic E-state index is -0.843. The molecule has 2 fully saturated rings. The Labute approximate surface area is 173 Å². The molecule has 29 heavy (non-hydrogen) atoms. The molecule has 2 aromatic rings. The molecule has 1 atom stereocenters. The number of aryl methyl sites for hydroxylation is 2. The SMILES string of the molecule is Cc1ccc(-n2nc(C)c(NC(=O)CN3C(=O)NC4(CCSC4)C3=O)c2C)cc1. The molecule has 1 unspecified atom stereocenters. The van der Waals surface area contributed by atoms with Crippen LogP contribution >= 0.6 is 11.8 Å². The number of urea groups is 1. The van der Waals surface area contributed by atoms with Gasteiger partial charge in [-0.1, -0.05) is 17.7 Å².